The molecular weight excluding hydrogens is 250 g/mol. The number of carbonyl (C=O) groups is 2. The van der Waals surface area contributed by atoms with Crippen LogP contribution in [0.1, 0.15) is 6.42 Å². The zero-order valence-corrected chi connectivity index (χ0v) is 9.52. The number of urea groups is 1. The van der Waals surface area contributed by atoms with Crippen molar-refractivity contribution < 1.29 is 18.4 Å². The minimum Gasteiger partial charge on any atom is -0.351 e. The largest absolute Gasteiger partial charge is 0.351 e. The highest BCUT2D eigenvalue weighted by Crippen LogP contribution is 2.22. The van der Waals surface area contributed by atoms with Gasteiger partial charge in [0.15, 0.2) is 0 Å². The average molecular weight is 260 g/mol. The number of primary amides is 1. The van der Waals surface area contributed by atoms with Crippen LogP contribution in [0, 0.1) is 11.6 Å². The van der Waals surface area contributed by atoms with Crippen LogP contribution in [0.2, 0.25) is 0 Å². The summed E-state index contributed by atoms with van der Waals surface area (Å²) in [5.74, 6) is -1.60. The summed E-state index contributed by atoms with van der Waals surface area (Å²) in [6, 6.07) is 2.27. The lowest BCUT2D eigenvalue weighted by atomic mass is 10.3. The molecule has 92 valence electrons. The summed E-state index contributed by atoms with van der Waals surface area (Å²) >= 11 is 1.06. The predicted molar refractivity (Wildman–Crippen MR) is 59.4 cm³/mol. The number of thioether (sulfide) groups is 1. The van der Waals surface area contributed by atoms with E-state index in [0.717, 1.165) is 23.9 Å². The molecule has 0 saturated heterocycles. The van der Waals surface area contributed by atoms with Crippen molar-refractivity contribution in [1.29, 1.82) is 0 Å². The van der Waals surface area contributed by atoms with E-state index in [4.69, 9.17) is 5.73 Å². The van der Waals surface area contributed by atoms with E-state index in [0.29, 0.717) is 0 Å². The second-order valence-corrected chi connectivity index (χ2v) is 4.22. The molecule has 0 aliphatic heterocycles. The van der Waals surface area contributed by atoms with Crippen LogP contribution >= 0.6 is 11.8 Å². The van der Waals surface area contributed by atoms with Crippen molar-refractivity contribution in [2.45, 2.75) is 11.3 Å². The molecule has 7 heteroatoms. The van der Waals surface area contributed by atoms with Gasteiger partial charge in [0.2, 0.25) is 5.91 Å². The highest BCUT2D eigenvalue weighted by Gasteiger charge is 2.07. The van der Waals surface area contributed by atoms with Crippen LogP contribution in [0.5, 0.6) is 0 Å². The van der Waals surface area contributed by atoms with E-state index in [2.05, 4.69) is 0 Å². The number of carbonyl (C=O) groups excluding carboxylic acids is 2. The van der Waals surface area contributed by atoms with Crippen molar-refractivity contribution in [1.82, 2.24) is 5.32 Å². The van der Waals surface area contributed by atoms with Crippen LogP contribution in [-0.4, -0.2) is 17.7 Å². The molecule has 0 aromatic heterocycles. The summed E-state index contributed by atoms with van der Waals surface area (Å²) in [4.78, 5) is 21.6. The van der Waals surface area contributed by atoms with Crippen molar-refractivity contribution >= 4 is 23.7 Å². The molecule has 1 aromatic carbocycles. The maximum Gasteiger partial charge on any atom is 0.318 e. The van der Waals surface area contributed by atoms with Crippen molar-refractivity contribution in [2.75, 3.05) is 5.75 Å². The van der Waals surface area contributed by atoms with Crippen LogP contribution in [-0.2, 0) is 4.79 Å². The second kappa shape index (κ2) is 6.19. The molecule has 0 unspecified atom stereocenters. The van der Waals surface area contributed by atoms with Crippen LogP contribution < -0.4 is 11.1 Å². The van der Waals surface area contributed by atoms with E-state index in [-0.39, 0.29) is 17.1 Å². The summed E-state index contributed by atoms with van der Waals surface area (Å²) in [6.45, 7) is 0. The Kier molecular flexibility index (Phi) is 4.89. The lowest BCUT2D eigenvalue weighted by Crippen LogP contribution is -2.35. The summed E-state index contributed by atoms with van der Waals surface area (Å²) in [7, 11) is 0. The van der Waals surface area contributed by atoms with Gasteiger partial charge in [0, 0.05) is 23.1 Å². The molecule has 0 heterocycles. The first-order chi connectivity index (χ1) is 7.99. The van der Waals surface area contributed by atoms with Gasteiger partial charge in [-0.2, -0.15) is 0 Å². The normalized spacial score (nSPS) is 10.0. The van der Waals surface area contributed by atoms with E-state index in [1.54, 1.807) is 0 Å². The Morgan fingerprint density at radius 1 is 1.35 bits per heavy atom. The number of halogens is 2. The van der Waals surface area contributed by atoms with Crippen molar-refractivity contribution in [3.8, 4) is 0 Å². The van der Waals surface area contributed by atoms with Crippen LogP contribution in [0.4, 0.5) is 13.6 Å². The van der Waals surface area contributed by atoms with Gasteiger partial charge in [-0.15, -0.1) is 11.8 Å². The zero-order valence-electron chi connectivity index (χ0n) is 8.70. The molecule has 0 bridgehead atoms. The minimum absolute atomic E-state index is 0.0183. The summed E-state index contributed by atoms with van der Waals surface area (Å²) in [6.07, 6.45) is 0.0183. The molecule has 0 radical (unpaired) electrons. The van der Waals surface area contributed by atoms with Gasteiger partial charge in [0.1, 0.15) is 11.6 Å². The summed E-state index contributed by atoms with van der Waals surface area (Å²) < 4.78 is 25.7. The monoisotopic (exact) mass is 260 g/mol. The van der Waals surface area contributed by atoms with Crippen LogP contribution in [0.25, 0.3) is 0 Å². The fourth-order valence-corrected chi connectivity index (χ4v) is 1.91. The molecular formula is C10H10F2N2O2S. The number of nitrogens with one attached hydrogen (secondary N) is 1. The fourth-order valence-electron chi connectivity index (χ4n) is 1.05. The van der Waals surface area contributed by atoms with Gasteiger partial charge in [-0.3, -0.25) is 10.1 Å². The standard InChI is InChI=1S/C10H10F2N2O2S/c11-6-1-2-8(7(12)5-6)17-4-3-9(15)14-10(13)16/h1-2,5H,3-4H2,(H3,13,14,15,16). The Morgan fingerprint density at radius 3 is 2.65 bits per heavy atom. The Labute approximate surface area is 101 Å². The molecule has 1 rings (SSSR count). The lowest BCUT2D eigenvalue weighted by molar-refractivity contribution is -0.119. The van der Waals surface area contributed by atoms with E-state index in [1.807, 2.05) is 5.32 Å². The topological polar surface area (TPSA) is 72.2 Å². The molecule has 4 nitrogen and oxygen atoms in total. The number of nitrogens with two attached hydrogens (primary N) is 1. The van der Waals surface area contributed by atoms with Crippen molar-refractivity contribution in [3.63, 3.8) is 0 Å². The Morgan fingerprint density at radius 2 is 2.06 bits per heavy atom. The highest BCUT2D eigenvalue weighted by molar-refractivity contribution is 7.99. The summed E-state index contributed by atoms with van der Waals surface area (Å²) in [5.41, 5.74) is 4.74. The van der Waals surface area contributed by atoms with Gasteiger partial charge < -0.3 is 5.73 Å². The van der Waals surface area contributed by atoms with Gasteiger partial charge in [-0.1, -0.05) is 0 Å². The first kappa shape index (κ1) is 13.4. The minimum atomic E-state index is -0.923. The molecule has 0 aliphatic rings. The fraction of sp³-hybridized carbons (Fsp3) is 0.200. The maximum absolute atomic E-state index is 13.1. The molecule has 0 spiro atoms. The summed E-state index contributed by atoms with van der Waals surface area (Å²) in [5, 5.41) is 1.89. The SMILES string of the molecule is NC(=O)NC(=O)CCSc1ccc(F)cc1F. The molecule has 0 atom stereocenters. The number of amides is 3. The predicted octanol–water partition coefficient (Wildman–Crippen LogP) is 1.64. The maximum atomic E-state index is 13.1. The van der Waals surface area contributed by atoms with Gasteiger partial charge in [-0.05, 0) is 12.1 Å². The first-order valence-electron chi connectivity index (χ1n) is 4.66. The first-order valence-corrected chi connectivity index (χ1v) is 5.64. The molecule has 0 aliphatic carbocycles. The van der Waals surface area contributed by atoms with Gasteiger partial charge in [-0.25, -0.2) is 13.6 Å². The van der Waals surface area contributed by atoms with E-state index in [9.17, 15) is 18.4 Å². The number of rotatable bonds is 4. The van der Waals surface area contributed by atoms with E-state index >= 15 is 0 Å². The highest BCUT2D eigenvalue weighted by atomic mass is 32.2. The quantitative estimate of drug-likeness (QED) is 0.808. The molecule has 3 N–H and O–H groups in total. The van der Waals surface area contributed by atoms with Crippen LogP contribution in [0.15, 0.2) is 23.1 Å². The number of imide groups is 1. The molecule has 0 fully saturated rings. The van der Waals surface area contributed by atoms with Crippen LogP contribution in [0.3, 0.4) is 0 Å². The third-order valence-corrected chi connectivity index (χ3v) is 2.79. The third-order valence-electron chi connectivity index (χ3n) is 1.74. The van der Waals surface area contributed by atoms with Gasteiger partial charge in [0.05, 0.1) is 0 Å². The van der Waals surface area contributed by atoms with Crippen molar-refractivity contribution in [3.05, 3.63) is 29.8 Å². The zero-order chi connectivity index (χ0) is 12.8. The number of hydrogen-bond donors (Lipinski definition) is 2. The third kappa shape index (κ3) is 4.81. The number of hydrogen-bond acceptors (Lipinski definition) is 3. The van der Waals surface area contributed by atoms with Gasteiger partial charge >= 0.3 is 6.03 Å². The van der Waals surface area contributed by atoms with E-state index < -0.39 is 23.6 Å². The van der Waals surface area contributed by atoms with Crippen molar-refractivity contribution in [2.24, 2.45) is 5.73 Å². The molecule has 1 aromatic rings. The average Bonchev–Trinajstić information content (AvgIpc) is 2.20. The van der Waals surface area contributed by atoms with Gasteiger partial charge in [0.25, 0.3) is 0 Å². The Hall–Kier alpha value is -1.63. The molecule has 0 saturated carbocycles. The Bertz CT molecular complexity index is 440. The van der Waals surface area contributed by atoms with E-state index in [1.165, 1.54) is 6.07 Å². The molecule has 3 amide bonds. The molecule has 17 heavy (non-hydrogen) atoms. The number of benzene rings is 1. The second-order valence-electron chi connectivity index (χ2n) is 3.09. The lowest BCUT2D eigenvalue weighted by Gasteiger charge is -2.03. The smallest absolute Gasteiger partial charge is 0.318 e. The Balaban J connectivity index is 2.41.